The Morgan fingerprint density at radius 3 is 2.31 bits per heavy atom. The van der Waals surface area contributed by atoms with Gasteiger partial charge >= 0.3 is 5.97 Å². The van der Waals surface area contributed by atoms with E-state index in [4.69, 9.17) is 14.1 Å². The van der Waals surface area contributed by atoms with E-state index in [0.29, 0.717) is 0 Å². The first-order valence-corrected chi connectivity index (χ1v) is 3.49. The maximum atomic E-state index is 11.3. The quantitative estimate of drug-likeness (QED) is 0.229. The van der Waals surface area contributed by atoms with Gasteiger partial charge in [-0.25, -0.2) is 4.79 Å². The Morgan fingerprint density at radius 2 is 2.00 bits per heavy atom. The first kappa shape index (κ1) is 7.06. The third-order valence-electron chi connectivity index (χ3n) is 0.907. The molecule has 13 heavy (non-hydrogen) atoms. The van der Waals surface area contributed by atoms with Crippen LogP contribution in [0, 0.1) is 0 Å². The number of Topliss-reactive ketones (excluding diaryl/α,β-unsaturated/α-hetero) is 1. The summed E-state index contributed by atoms with van der Waals surface area (Å²) in [5.41, 5.74) is -2.04. The molecule has 0 bridgehead atoms. The lowest BCUT2D eigenvalue weighted by molar-refractivity contribution is -0.146. The van der Waals surface area contributed by atoms with E-state index in [1.54, 1.807) is 0 Å². The molecule has 0 radical (unpaired) electrons. The smallest absolute Gasteiger partial charge is 0.364 e. The minimum Gasteiger partial charge on any atom is -0.455 e. The molecule has 0 aromatic heterocycles. The molecule has 0 saturated heterocycles. The van der Waals surface area contributed by atoms with E-state index < -0.39 is 29.9 Å². The van der Waals surface area contributed by atoms with Crippen molar-refractivity contribution >= 4 is 17.5 Å². The maximum absolute atomic E-state index is 11.3. The molecule has 0 spiro atoms. The number of ether oxygens (including phenoxy) is 1. The molecule has 5 nitrogen and oxygen atoms in total. The van der Waals surface area contributed by atoms with Gasteiger partial charge in [0.1, 0.15) is 5.60 Å². The van der Waals surface area contributed by atoms with Crippen molar-refractivity contribution in [2.45, 2.75) is 33.2 Å². The molecule has 0 heterocycles. The molecule has 0 aliphatic heterocycles. The average molecular weight is 190 g/mol. The Morgan fingerprint density at radius 1 is 1.46 bits per heavy atom. The van der Waals surface area contributed by atoms with Crippen molar-refractivity contribution in [1.82, 2.24) is 0 Å². The van der Waals surface area contributed by atoms with E-state index in [1.807, 2.05) is 0 Å². The standard InChI is InChI=1S/C8H13NO4/c1-5(10)6(9-12)7(11)13-8(2,3)4/h12H,1-4H3/b9-6-/i1D3. The zero-order chi connectivity index (χ0) is 13.1. The third-order valence-corrected chi connectivity index (χ3v) is 0.907. The average Bonchev–Trinajstić information content (AvgIpc) is 1.99. The van der Waals surface area contributed by atoms with Gasteiger partial charge in [-0.15, -0.1) is 0 Å². The first-order valence-electron chi connectivity index (χ1n) is 4.99. The Balaban J connectivity index is 4.93. The van der Waals surface area contributed by atoms with Gasteiger partial charge in [0.05, 0.1) is 0 Å². The van der Waals surface area contributed by atoms with Gasteiger partial charge in [0.15, 0.2) is 5.78 Å². The lowest BCUT2D eigenvalue weighted by Crippen LogP contribution is -2.32. The van der Waals surface area contributed by atoms with Crippen LogP contribution < -0.4 is 0 Å². The summed E-state index contributed by atoms with van der Waals surface area (Å²) in [6.07, 6.45) is 0. The van der Waals surface area contributed by atoms with Gasteiger partial charge in [-0.3, -0.25) is 4.79 Å². The minimum absolute atomic E-state index is 0.915. The van der Waals surface area contributed by atoms with Gasteiger partial charge in [0, 0.05) is 11.0 Å². The second-order valence-corrected chi connectivity index (χ2v) is 3.28. The van der Waals surface area contributed by atoms with Crippen LogP contribution in [0.2, 0.25) is 0 Å². The van der Waals surface area contributed by atoms with Gasteiger partial charge in [-0.1, -0.05) is 5.16 Å². The van der Waals surface area contributed by atoms with Crippen molar-refractivity contribution in [3.63, 3.8) is 0 Å². The van der Waals surface area contributed by atoms with E-state index in [0.717, 1.165) is 0 Å². The first-order chi connectivity index (χ1) is 6.99. The van der Waals surface area contributed by atoms with Crippen LogP contribution in [0.1, 0.15) is 31.7 Å². The van der Waals surface area contributed by atoms with Crippen LogP contribution in [0.25, 0.3) is 0 Å². The molecule has 0 atom stereocenters. The van der Waals surface area contributed by atoms with Crippen LogP contribution in [0.15, 0.2) is 5.16 Å². The fraction of sp³-hybridized carbons (Fsp3) is 0.625. The van der Waals surface area contributed by atoms with E-state index in [-0.39, 0.29) is 0 Å². The molecule has 0 rings (SSSR count). The molecule has 0 aromatic rings. The molecule has 0 aliphatic carbocycles. The highest BCUT2D eigenvalue weighted by Crippen LogP contribution is 2.07. The highest BCUT2D eigenvalue weighted by atomic mass is 16.6. The van der Waals surface area contributed by atoms with E-state index in [2.05, 4.69) is 5.16 Å². The summed E-state index contributed by atoms with van der Waals surface area (Å²) in [5, 5.41) is 10.8. The number of oxime groups is 1. The van der Waals surface area contributed by atoms with Gasteiger partial charge in [0.2, 0.25) is 5.71 Å². The third kappa shape index (κ3) is 4.25. The molecule has 0 saturated carbocycles. The lowest BCUT2D eigenvalue weighted by atomic mass is 10.2. The number of rotatable bonds is 2. The van der Waals surface area contributed by atoms with Crippen molar-refractivity contribution in [1.29, 1.82) is 0 Å². The summed E-state index contributed by atoms with van der Waals surface area (Å²) in [6.45, 7) is 1.54. The van der Waals surface area contributed by atoms with E-state index in [1.165, 1.54) is 20.8 Å². The van der Waals surface area contributed by atoms with Crippen molar-refractivity contribution in [2.75, 3.05) is 0 Å². The van der Waals surface area contributed by atoms with Gasteiger partial charge in [0.25, 0.3) is 0 Å². The van der Waals surface area contributed by atoms with Crippen molar-refractivity contribution < 1.29 is 23.6 Å². The predicted octanol–water partition coefficient (Wildman–Crippen LogP) is 0.747. The second kappa shape index (κ2) is 4.02. The molecule has 0 aliphatic rings. The van der Waals surface area contributed by atoms with Crippen LogP contribution in [0.3, 0.4) is 0 Å². The largest absolute Gasteiger partial charge is 0.455 e. The van der Waals surface area contributed by atoms with Crippen LogP contribution in [-0.4, -0.2) is 28.3 Å². The number of ketones is 1. The summed E-state index contributed by atoms with van der Waals surface area (Å²) >= 11 is 0. The number of hydrogen-bond donors (Lipinski definition) is 1. The summed E-state index contributed by atoms with van der Waals surface area (Å²) in [6, 6.07) is 0. The number of carbonyl (C=O) groups excluding carboxylic acids is 2. The highest BCUT2D eigenvalue weighted by molar-refractivity contribution is 6.63. The number of nitrogens with zero attached hydrogens (tertiary/aromatic N) is 1. The van der Waals surface area contributed by atoms with Crippen LogP contribution in [0.5, 0.6) is 0 Å². The molecular weight excluding hydrogens is 174 g/mol. The molecule has 1 N–H and O–H groups in total. The molecule has 74 valence electrons. The van der Waals surface area contributed by atoms with Gasteiger partial charge < -0.3 is 9.94 Å². The van der Waals surface area contributed by atoms with Crippen LogP contribution >= 0.6 is 0 Å². The highest BCUT2D eigenvalue weighted by Gasteiger charge is 2.24. The SMILES string of the molecule is [2H]C([2H])([2H])C(=O)/C(=N/O)C(=O)OC(C)(C)C. The molecule has 0 fully saturated rings. The number of carbonyl (C=O) groups is 2. The number of hydrogen-bond acceptors (Lipinski definition) is 5. The molecular formula is C8H13NO4. The minimum atomic E-state index is -3.04. The Bertz CT molecular complexity index is 327. The summed E-state index contributed by atoms with van der Waals surface area (Å²) in [7, 11) is 0. The van der Waals surface area contributed by atoms with E-state index in [9.17, 15) is 9.59 Å². The summed E-state index contributed by atoms with van der Waals surface area (Å²) in [4.78, 5) is 22.5. The maximum Gasteiger partial charge on any atom is 0.364 e. The van der Waals surface area contributed by atoms with Crippen molar-refractivity contribution in [3.8, 4) is 0 Å². The second-order valence-electron chi connectivity index (χ2n) is 3.28. The lowest BCUT2D eigenvalue weighted by Gasteiger charge is -2.18. The summed E-state index contributed by atoms with van der Waals surface area (Å²) < 4.78 is 25.0. The molecule has 0 amide bonds. The summed E-state index contributed by atoms with van der Waals surface area (Å²) in [5.74, 6) is -2.82. The molecule has 5 heteroatoms. The van der Waals surface area contributed by atoms with Crippen LogP contribution in [0.4, 0.5) is 0 Å². The van der Waals surface area contributed by atoms with Crippen LogP contribution in [-0.2, 0) is 14.3 Å². The zero-order valence-electron chi connectivity index (χ0n) is 10.6. The normalized spacial score (nSPS) is 16.8. The number of esters is 1. The van der Waals surface area contributed by atoms with Crippen molar-refractivity contribution in [2.24, 2.45) is 5.16 Å². The van der Waals surface area contributed by atoms with Crippen molar-refractivity contribution in [3.05, 3.63) is 0 Å². The zero-order valence-corrected chi connectivity index (χ0v) is 7.62. The van der Waals surface area contributed by atoms with Gasteiger partial charge in [-0.2, -0.15) is 0 Å². The fourth-order valence-electron chi connectivity index (χ4n) is 0.505. The fourth-order valence-corrected chi connectivity index (χ4v) is 0.505. The molecule has 0 unspecified atom stereocenters. The molecule has 0 aromatic carbocycles. The monoisotopic (exact) mass is 190 g/mol. The Hall–Kier alpha value is -1.39. The van der Waals surface area contributed by atoms with Gasteiger partial charge in [-0.05, 0) is 20.8 Å². The Kier molecular flexibility index (Phi) is 2.18. The van der Waals surface area contributed by atoms with E-state index >= 15 is 0 Å². The predicted molar refractivity (Wildman–Crippen MR) is 45.7 cm³/mol. The topological polar surface area (TPSA) is 76.0 Å². The Labute approximate surface area is 80.6 Å².